The smallest absolute Gasteiger partial charge is 0.315 e. The van der Waals surface area contributed by atoms with Crippen molar-refractivity contribution in [2.24, 2.45) is 5.92 Å². The topological polar surface area (TPSA) is 26.3 Å². The van der Waals surface area contributed by atoms with Gasteiger partial charge in [-0.2, -0.15) is 0 Å². The third-order valence-electron chi connectivity index (χ3n) is 2.76. The Morgan fingerprint density at radius 3 is 2.71 bits per heavy atom. The minimum atomic E-state index is -0.667. The highest BCUT2D eigenvalue weighted by atomic mass is 19.1. The van der Waals surface area contributed by atoms with E-state index < -0.39 is 17.6 Å². The molecule has 0 aromatic heterocycles. The first kappa shape index (κ1) is 7.91. The SMILES string of the molecule is O=C1Oc2c(F)ccc(F)c2C2CC12. The monoisotopic (exact) mass is 196 g/mol. The molecule has 1 heterocycles. The lowest BCUT2D eigenvalue weighted by molar-refractivity contribution is -0.136. The Morgan fingerprint density at radius 2 is 1.93 bits per heavy atom. The van der Waals surface area contributed by atoms with Gasteiger partial charge in [0, 0.05) is 11.5 Å². The second-order valence-corrected chi connectivity index (χ2v) is 3.64. The number of benzene rings is 1. The van der Waals surface area contributed by atoms with Crippen LogP contribution in [0.15, 0.2) is 12.1 Å². The molecule has 1 aliphatic heterocycles. The van der Waals surface area contributed by atoms with Crippen LogP contribution in [-0.4, -0.2) is 5.97 Å². The van der Waals surface area contributed by atoms with E-state index in [2.05, 4.69) is 0 Å². The van der Waals surface area contributed by atoms with Crippen molar-refractivity contribution in [3.8, 4) is 5.75 Å². The van der Waals surface area contributed by atoms with Gasteiger partial charge in [-0.15, -0.1) is 0 Å². The molecular weight excluding hydrogens is 190 g/mol. The molecule has 2 unspecified atom stereocenters. The van der Waals surface area contributed by atoms with Gasteiger partial charge >= 0.3 is 5.97 Å². The van der Waals surface area contributed by atoms with Crippen LogP contribution >= 0.6 is 0 Å². The van der Waals surface area contributed by atoms with E-state index >= 15 is 0 Å². The Balaban J connectivity index is 2.24. The summed E-state index contributed by atoms with van der Waals surface area (Å²) >= 11 is 0. The van der Waals surface area contributed by atoms with E-state index in [-0.39, 0.29) is 23.1 Å². The summed E-state index contributed by atoms with van der Waals surface area (Å²) in [6, 6.07) is 2.05. The summed E-state index contributed by atoms with van der Waals surface area (Å²) in [5.74, 6) is -2.22. The minimum Gasteiger partial charge on any atom is -0.423 e. The van der Waals surface area contributed by atoms with Gasteiger partial charge in [0.15, 0.2) is 11.6 Å². The van der Waals surface area contributed by atoms with Crippen LogP contribution in [0, 0.1) is 17.6 Å². The molecule has 4 heteroatoms. The second kappa shape index (κ2) is 2.32. The van der Waals surface area contributed by atoms with Gasteiger partial charge in [0.05, 0.1) is 5.92 Å². The van der Waals surface area contributed by atoms with Gasteiger partial charge < -0.3 is 4.74 Å². The highest BCUT2D eigenvalue weighted by Crippen LogP contribution is 2.55. The lowest BCUT2D eigenvalue weighted by Crippen LogP contribution is -2.18. The molecule has 1 aliphatic carbocycles. The molecule has 1 fully saturated rings. The first-order valence-electron chi connectivity index (χ1n) is 4.38. The molecule has 14 heavy (non-hydrogen) atoms. The summed E-state index contributed by atoms with van der Waals surface area (Å²) in [7, 11) is 0. The molecule has 0 radical (unpaired) electrons. The van der Waals surface area contributed by atoms with Crippen LogP contribution in [0.2, 0.25) is 0 Å². The van der Waals surface area contributed by atoms with Crippen molar-refractivity contribution in [1.29, 1.82) is 0 Å². The largest absolute Gasteiger partial charge is 0.423 e. The van der Waals surface area contributed by atoms with Crippen molar-refractivity contribution in [1.82, 2.24) is 0 Å². The molecule has 0 bridgehead atoms. The first-order chi connectivity index (χ1) is 6.68. The summed E-state index contributed by atoms with van der Waals surface area (Å²) in [6.07, 6.45) is 0.576. The van der Waals surface area contributed by atoms with Crippen LogP contribution in [-0.2, 0) is 4.79 Å². The summed E-state index contributed by atoms with van der Waals surface area (Å²) < 4.78 is 31.2. The van der Waals surface area contributed by atoms with Crippen molar-refractivity contribution in [2.45, 2.75) is 12.3 Å². The van der Waals surface area contributed by atoms with Gasteiger partial charge in [0.1, 0.15) is 5.82 Å². The van der Waals surface area contributed by atoms with Crippen LogP contribution in [0.5, 0.6) is 5.75 Å². The summed E-state index contributed by atoms with van der Waals surface area (Å²) in [5.41, 5.74) is 0.231. The maximum Gasteiger partial charge on any atom is 0.315 e. The van der Waals surface area contributed by atoms with E-state index in [9.17, 15) is 13.6 Å². The van der Waals surface area contributed by atoms with Crippen molar-refractivity contribution >= 4 is 5.97 Å². The van der Waals surface area contributed by atoms with Gasteiger partial charge in [-0.3, -0.25) is 4.79 Å². The summed E-state index contributed by atoms with van der Waals surface area (Å²) in [4.78, 5) is 11.2. The van der Waals surface area contributed by atoms with E-state index in [0.717, 1.165) is 12.1 Å². The number of fused-ring (bicyclic) bond motifs is 3. The lowest BCUT2D eigenvalue weighted by Gasteiger charge is -2.15. The number of carbonyl (C=O) groups is 1. The fourth-order valence-electron chi connectivity index (χ4n) is 1.95. The number of rotatable bonds is 0. The van der Waals surface area contributed by atoms with E-state index in [1.54, 1.807) is 0 Å². The average Bonchev–Trinajstić information content (AvgIpc) is 2.91. The average molecular weight is 196 g/mol. The zero-order valence-electron chi connectivity index (χ0n) is 7.09. The minimum absolute atomic E-state index is 0.165. The van der Waals surface area contributed by atoms with Crippen LogP contribution in [0.3, 0.4) is 0 Å². The molecular formula is C10H6F2O2. The molecule has 0 spiro atoms. The number of hydrogen-bond donors (Lipinski definition) is 0. The number of ether oxygens (including phenoxy) is 1. The fraction of sp³-hybridized carbons (Fsp3) is 0.300. The molecule has 1 aromatic rings. The zero-order valence-corrected chi connectivity index (χ0v) is 7.09. The van der Waals surface area contributed by atoms with Crippen LogP contribution in [0.25, 0.3) is 0 Å². The highest BCUT2D eigenvalue weighted by molar-refractivity contribution is 5.83. The van der Waals surface area contributed by atoms with Crippen molar-refractivity contribution < 1.29 is 18.3 Å². The second-order valence-electron chi connectivity index (χ2n) is 3.64. The van der Waals surface area contributed by atoms with Gasteiger partial charge in [-0.25, -0.2) is 8.78 Å². The maximum absolute atomic E-state index is 13.3. The zero-order chi connectivity index (χ0) is 9.87. The summed E-state index contributed by atoms with van der Waals surface area (Å²) in [5, 5.41) is 0. The Hall–Kier alpha value is -1.45. The third kappa shape index (κ3) is 0.855. The van der Waals surface area contributed by atoms with Crippen LogP contribution < -0.4 is 4.74 Å². The normalized spacial score (nSPS) is 27.7. The molecule has 0 saturated heterocycles. The highest BCUT2D eigenvalue weighted by Gasteiger charge is 2.52. The van der Waals surface area contributed by atoms with Gasteiger partial charge in [0.25, 0.3) is 0 Å². The predicted molar refractivity (Wildman–Crippen MR) is 42.8 cm³/mol. The molecule has 2 atom stereocenters. The van der Waals surface area contributed by atoms with Crippen LogP contribution in [0.4, 0.5) is 8.78 Å². The Morgan fingerprint density at radius 1 is 1.21 bits per heavy atom. The fourth-order valence-corrected chi connectivity index (χ4v) is 1.95. The Kier molecular flexibility index (Phi) is 1.31. The molecule has 1 aromatic carbocycles. The number of esters is 1. The van der Waals surface area contributed by atoms with Gasteiger partial charge in [-0.05, 0) is 18.6 Å². The van der Waals surface area contributed by atoms with E-state index in [0.29, 0.717) is 6.42 Å². The number of carbonyl (C=O) groups excluding carboxylic acids is 1. The molecule has 2 aliphatic rings. The predicted octanol–water partition coefficient (Wildman–Crippen LogP) is 1.99. The first-order valence-corrected chi connectivity index (χ1v) is 4.38. The lowest BCUT2D eigenvalue weighted by atomic mass is 10.0. The Labute approximate surface area is 78.5 Å². The van der Waals surface area contributed by atoms with Crippen LogP contribution in [0.1, 0.15) is 17.9 Å². The van der Waals surface area contributed by atoms with E-state index in [4.69, 9.17) is 4.74 Å². The molecule has 0 amide bonds. The van der Waals surface area contributed by atoms with E-state index in [1.165, 1.54) is 0 Å². The molecule has 1 saturated carbocycles. The molecule has 72 valence electrons. The number of hydrogen-bond acceptors (Lipinski definition) is 2. The molecule has 2 nitrogen and oxygen atoms in total. The summed E-state index contributed by atoms with van der Waals surface area (Å²) in [6.45, 7) is 0. The van der Waals surface area contributed by atoms with E-state index in [1.807, 2.05) is 0 Å². The van der Waals surface area contributed by atoms with Gasteiger partial charge in [0.2, 0.25) is 0 Å². The molecule has 3 rings (SSSR count). The van der Waals surface area contributed by atoms with Crippen molar-refractivity contribution in [2.75, 3.05) is 0 Å². The van der Waals surface area contributed by atoms with Crippen molar-refractivity contribution in [3.63, 3.8) is 0 Å². The maximum atomic E-state index is 13.3. The Bertz CT molecular complexity index is 442. The third-order valence-corrected chi connectivity index (χ3v) is 2.76. The van der Waals surface area contributed by atoms with Gasteiger partial charge in [-0.1, -0.05) is 0 Å². The standard InChI is InChI=1S/C10H6F2O2/c11-6-1-2-7(12)9-8(6)4-3-5(4)10(13)14-9/h1-2,4-5H,3H2. The van der Waals surface area contributed by atoms with Crippen molar-refractivity contribution in [3.05, 3.63) is 29.3 Å². The quantitative estimate of drug-likeness (QED) is 0.468. The molecule has 0 N–H and O–H groups in total. The number of halogens is 2.